The van der Waals surface area contributed by atoms with Crippen LogP contribution in [0.1, 0.15) is 29.5 Å². The Kier molecular flexibility index (Phi) is 1.92. The molecular formula is C12H16. The van der Waals surface area contributed by atoms with Crippen LogP contribution >= 0.6 is 0 Å². The van der Waals surface area contributed by atoms with Crippen LogP contribution in [-0.4, -0.2) is 0 Å². The third kappa shape index (κ3) is 1.69. The van der Waals surface area contributed by atoms with Gasteiger partial charge in [0.1, 0.15) is 0 Å². The van der Waals surface area contributed by atoms with Gasteiger partial charge in [0, 0.05) is 0 Å². The summed E-state index contributed by atoms with van der Waals surface area (Å²) in [4.78, 5) is 0. The summed E-state index contributed by atoms with van der Waals surface area (Å²) in [6, 6.07) is 6.86. The second-order valence-electron chi connectivity index (χ2n) is 4.07. The Balaban J connectivity index is 2.15. The number of rotatable bonds is 2. The molecule has 0 unspecified atom stereocenters. The predicted octanol–water partition coefficient (Wildman–Crippen LogP) is 3.26. The van der Waals surface area contributed by atoms with E-state index < -0.39 is 0 Å². The Morgan fingerprint density at radius 2 is 1.92 bits per heavy atom. The lowest BCUT2D eigenvalue weighted by Crippen LogP contribution is -1.89. The standard InChI is InChI=1S/C12H16/c1-9-3-4-12(7-10(9)2)8-11-5-6-11/h3-4,7,11H,5-6,8H2,1-2H3. The molecule has 0 N–H and O–H groups in total. The predicted molar refractivity (Wildman–Crippen MR) is 52.3 cm³/mol. The second kappa shape index (κ2) is 2.93. The van der Waals surface area contributed by atoms with Crippen molar-refractivity contribution in [3.8, 4) is 0 Å². The minimum absolute atomic E-state index is 1.01. The monoisotopic (exact) mass is 160 g/mol. The molecule has 12 heavy (non-hydrogen) atoms. The van der Waals surface area contributed by atoms with Gasteiger partial charge in [-0.15, -0.1) is 0 Å². The molecule has 0 aromatic heterocycles. The maximum Gasteiger partial charge on any atom is -0.0250 e. The summed E-state index contributed by atoms with van der Waals surface area (Å²) in [5.41, 5.74) is 4.38. The van der Waals surface area contributed by atoms with Crippen LogP contribution in [0.15, 0.2) is 18.2 Å². The van der Waals surface area contributed by atoms with Crippen molar-refractivity contribution in [2.24, 2.45) is 5.92 Å². The lowest BCUT2D eigenvalue weighted by atomic mass is 10.0. The van der Waals surface area contributed by atoms with Crippen molar-refractivity contribution >= 4 is 0 Å². The molecule has 1 aliphatic carbocycles. The highest BCUT2D eigenvalue weighted by atomic mass is 14.3. The molecule has 1 aromatic rings. The highest BCUT2D eigenvalue weighted by Gasteiger charge is 2.21. The van der Waals surface area contributed by atoms with E-state index in [1.807, 2.05) is 0 Å². The van der Waals surface area contributed by atoms with Gasteiger partial charge in [0.05, 0.1) is 0 Å². The van der Waals surface area contributed by atoms with E-state index in [4.69, 9.17) is 0 Å². The quantitative estimate of drug-likeness (QED) is 0.623. The number of benzene rings is 1. The summed E-state index contributed by atoms with van der Waals surface area (Å²) in [6.45, 7) is 4.38. The van der Waals surface area contributed by atoms with Crippen molar-refractivity contribution in [3.05, 3.63) is 34.9 Å². The van der Waals surface area contributed by atoms with Crippen LogP contribution in [0.5, 0.6) is 0 Å². The molecule has 0 heterocycles. The molecule has 2 rings (SSSR count). The second-order valence-corrected chi connectivity index (χ2v) is 4.07. The fourth-order valence-corrected chi connectivity index (χ4v) is 1.59. The van der Waals surface area contributed by atoms with Crippen LogP contribution in [0, 0.1) is 19.8 Å². The van der Waals surface area contributed by atoms with Gasteiger partial charge in [-0.2, -0.15) is 0 Å². The van der Waals surface area contributed by atoms with Gasteiger partial charge in [-0.1, -0.05) is 18.2 Å². The van der Waals surface area contributed by atoms with E-state index in [9.17, 15) is 0 Å². The zero-order valence-corrected chi connectivity index (χ0v) is 7.93. The average Bonchev–Trinajstić information content (AvgIpc) is 2.81. The molecule has 0 saturated heterocycles. The summed E-state index contributed by atoms with van der Waals surface area (Å²) in [6.07, 6.45) is 4.21. The van der Waals surface area contributed by atoms with E-state index in [2.05, 4.69) is 32.0 Å². The third-order valence-electron chi connectivity index (χ3n) is 2.79. The van der Waals surface area contributed by atoms with E-state index in [0.717, 1.165) is 5.92 Å². The maximum absolute atomic E-state index is 2.34. The maximum atomic E-state index is 2.34. The van der Waals surface area contributed by atoms with Crippen LogP contribution in [0.4, 0.5) is 0 Å². The van der Waals surface area contributed by atoms with E-state index in [0.29, 0.717) is 0 Å². The first-order chi connectivity index (χ1) is 5.75. The van der Waals surface area contributed by atoms with Gasteiger partial charge in [-0.05, 0) is 55.7 Å². The highest BCUT2D eigenvalue weighted by Crippen LogP contribution is 2.32. The molecular weight excluding hydrogens is 144 g/mol. The minimum atomic E-state index is 1.01. The first-order valence-corrected chi connectivity index (χ1v) is 4.82. The number of hydrogen-bond donors (Lipinski definition) is 0. The number of aryl methyl sites for hydroxylation is 2. The van der Waals surface area contributed by atoms with E-state index in [1.54, 1.807) is 0 Å². The van der Waals surface area contributed by atoms with E-state index >= 15 is 0 Å². The summed E-state index contributed by atoms with van der Waals surface area (Å²) in [5, 5.41) is 0. The van der Waals surface area contributed by atoms with Crippen molar-refractivity contribution in [1.29, 1.82) is 0 Å². The minimum Gasteiger partial charge on any atom is -0.0588 e. The first-order valence-electron chi connectivity index (χ1n) is 4.82. The average molecular weight is 160 g/mol. The van der Waals surface area contributed by atoms with Gasteiger partial charge in [-0.25, -0.2) is 0 Å². The Morgan fingerprint density at radius 3 is 2.50 bits per heavy atom. The molecule has 0 amide bonds. The highest BCUT2D eigenvalue weighted by molar-refractivity contribution is 5.30. The van der Waals surface area contributed by atoms with Crippen LogP contribution in [-0.2, 0) is 6.42 Å². The van der Waals surface area contributed by atoms with Crippen LogP contribution in [0.3, 0.4) is 0 Å². The van der Waals surface area contributed by atoms with Gasteiger partial charge in [0.2, 0.25) is 0 Å². The fourth-order valence-electron chi connectivity index (χ4n) is 1.59. The van der Waals surface area contributed by atoms with Crippen LogP contribution < -0.4 is 0 Å². The molecule has 64 valence electrons. The van der Waals surface area contributed by atoms with Gasteiger partial charge in [0.15, 0.2) is 0 Å². The molecule has 1 aliphatic rings. The SMILES string of the molecule is Cc1ccc(CC2CC2)cc1C. The first kappa shape index (κ1) is 7.85. The summed E-state index contributed by atoms with van der Waals surface area (Å²) < 4.78 is 0. The Bertz CT molecular complexity index is 282. The fraction of sp³-hybridized carbons (Fsp3) is 0.500. The third-order valence-corrected chi connectivity index (χ3v) is 2.79. The molecule has 1 saturated carbocycles. The Morgan fingerprint density at radius 1 is 1.17 bits per heavy atom. The lowest BCUT2D eigenvalue weighted by Gasteiger charge is -2.03. The zero-order valence-electron chi connectivity index (χ0n) is 7.93. The molecule has 0 spiro atoms. The molecule has 0 bridgehead atoms. The largest absolute Gasteiger partial charge is 0.0588 e. The Hall–Kier alpha value is -0.780. The smallest absolute Gasteiger partial charge is 0.0250 e. The molecule has 1 aromatic carbocycles. The topological polar surface area (TPSA) is 0 Å². The van der Waals surface area contributed by atoms with Crippen molar-refractivity contribution in [2.45, 2.75) is 33.1 Å². The summed E-state index contributed by atoms with van der Waals surface area (Å²) in [5.74, 6) is 1.01. The van der Waals surface area contributed by atoms with Gasteiger partial charge >= 0.3 is 0 Å². The molecule has 0 radical (unpaired) electrons. The van der Waals surface area contributed by atoms with Crippen molar-refractivity contribution in [3.63, 3.8) is 0 Å². The van der Waals surface area contributed by atoms with Crippen molar-refractivity contribution < 1.29 is 0 Å². The number of hydrogen-bond acceptors (Lipinski definition) is 0. The summed E-state index contributed by atoms with van der Waals surface area (Å²) in [7, 11) is 0. The molecule has 0 heteroatoms. The van der Waals surface area contributed by atoms with Crippen molar-refractivity contribution in [1.82, 2.24) is 0 Å². The van der Waals surface area contributed by atoms with Gasteiger partial charge in [-0.3, -0.25) is 0 Å². The van der Waals surface area contributed by atoms with Crippen LogP contribution in [0.2, 0.25) is 0 Å². The Labute approximate surface area is 74.6 Å². The lowest BCUT2D eigenvalue weighted by molar-refractivity contribution is 0.831. The molecule has 0 nitrogen and oxygen atoms in total. The normalized spacial score (nSPS) is 16.5. The van der Waals surface area contributed by atoms with Crippen molar-refractivity contribution in [2.75, 3.05) is 0 Å². The molecule has 0 atom stereocenters. The van der Waals surface area contributed by atoms with E-state index in [1.165, 1.54) is 36.0 Å². The van der Waals surface area contributed by atoms with Gasteiger partial charge < -0.3 is 0 Å². The van der Waals surface area contributed by atoms with Gasteiger partial charge in [0.25, 0.3) is 0 Å². The molecule has 1 fully saturated rings. The van der Waals surface area contributed by atoms with E-state index in [-0.39, 0.29) is 0 Å². The van der Waals surface area contributed by atoms with Crippen LogP contribution in [0.25, 0.3) is 0 Å². The molecule has 0 aliphatic heterocycles. The summed E-state index contributed by atoms with van der Waals surface area (Å²) >= 11 is 0. The zero-order chi connectivity index (χ0) is 8.55.